The van der Waals surface area contributed by atoms with Gasteiger partial charge in [-0.2, -0.15) is 5.26 Å². The van der Waals surface area contributed by atoms with Gasteiger partial charge in [-0.25, -0.2) is 4.39 Å². The predicted molar refractivity (Wildman–Crippen MR) is 62.4 cm³/mol. The molecule has 0 saturated carbocycles. The van der Waals surface area contributed by atoms with E-state index in [9.17, 15) is 4.39 Å². The van der Waals surface area contributed by atoms with Gasteiger partial charge in [-0.3, -0.25) is 4.90 Å². The Balaban J connectivity index is 2.60. The first-order chi connectivity index (χ1) is 7.47. The monoisotopic (exact) mass is 220 g/mol. The Morgan fingerprint density at radius 3 is 2.56 bits per heavy atom. The summed E-state index contributed by atoms with van der Waals surface area (Å²) in [6.45, 7) is 4.38. The third-order valence-corrected chi connectivity index (χ3v) is 2.90. The maximum Gasteiger partial charge on any atom is 0.126 e. The molecule has 0 aliphatic heterocycles. The lowest BCUT2D eigenvalue weighted by molar-refractivity contribution is 0.213. The second-order valence-electron chi connectivity index (χ2n) is 4.43. The molecular formula is C13H17FN2. The summed E-state index contributed by atoms with van der Waals surface area (Å²) in [5, 5.41) is 8.95. The van der Waals surface area contributed by atoms with Crippen LogP contribution in [0.4, 0.5) is 4.39 Å². The molecule has 1 rings (SSSR count). The van der Waals surface area contributed by atoms with E-state index in [4.69, 9.17) is 5.26 Å². The second kappa shape index (κ2) is 5.09. The molecule has 0 spiro atoms. The maximum absolute atomic E-state index is 13.3. The minimum absolute atomic E-state index is 0.175. The van der Waals surface area contributed by atoms with Gasteiger partial charge in [0.2, 0.25) is 0 Å². The summed E-state index contributed by atoms with van der Waals surface area (Å²) in [6, 6.07) is 8.98. The zero-order valence-electron chi connectivity index (χ0n) is 10.00. The van der Waals surface area contributed by atoms with Gasteiger partial charge >= 0.3 is 0 Å². The van der Waals surface area contributed by atoms with Crippen molar-refractivity contribution in [3.05, 3.63) is 35.6 Å². The highest BCUT2D eigenvalue weighted by atomic mass is 19.1. The molecule has 0 aliphatic carbocycles. The van der Waals surface area contributed by atoms with Crippen molar-refractivity contribution in [2.24, 2.45) is 0 Å². The van der Waals surface area contributed by atoms with Crippen LogP contribution >= 0.6 is 0 Å². The molecule has 0 bridgehead atoms. The van der Waals surface area contributed by atoms with E-state index in [-0.39, 0.29) is 5.82 Å². The first kappa shape index (κ1) is 12.7. The van der Waals surface area contributed by atoms with Gasteiger partial charge in [0.25, 0.3) is 0 Å². The minimum atomic E-state index is -0.509. The largest absolute Gasteiger partial charge is 0.289 e. The van der Waals surface area contributed by atoms with Gasteiger partial charge in [0, 0.05) is 6.54 Å². The van der Waals surface area contributed by atoms with Gasteiger partial charge in [-0.1, -0.05) is 18.2 Å². The van der Waals surface area contributed by atoms with E-state index in [0.717, 1.165) is 0 Å². The SMILES string of the molecule is CN(CCc1ccccc1F)C(C)(C)C#N. The van der Waals surface area contributed by atoms with Crippen molar-refractivity contribution >= 4 is 0 Å². The van der Waals surface area contributed by atoms with Gasteiger partial charge in [0.15, 0.2) is 0 Å². The number of hydrogen-bond acceptors (Lipinski definition) is 2. The summed E-state index contributed by atoms with van der Waals surface area (Å²) in [6.07, 6.45) is 0.619. The van der Waals surface area contributed by atoms with Crippen LogP contribution in [0.2, 0.25) is 0 Å². The van der Waals surface area contributed by atoms with Crippen molar-refractivity contribution in [2.45, 2.75) is 25.8 Å². The Bertz CT molecular complexity index is 393. The minimum Gasteiger partial charge on any atom is -0.289 e. The van der Waals surface area contributed by atoms with E-state index in [2.05, 4.69) is 6.07 Å². The van der Waals surface area contributed by atoms with Crippen molar-refractivity contribution < 1.29 is 4.39 Å². The highest BCUT2D eigenvalue weighted by Crippen LogP contribution is 2.13. The molecule has 86 valence electrons. The molecule has 0 fully saturated rings. The average Bonchev–Trinajstić information content (AvgIpc) is 2.27. The maximum atomic E-state index is 13.3. The molecule has 3 heteroatoms. The van der Waals surface area contributed by atoms with Gasteiger partial charge in [-0.15, -0.1) is 0 Å². The number of likely N-dealkylation sites (N-methyl/N-ethyl adjacent to an activating group) is 1. The van der Waals surface area contributed by atoms with Crippen LogP contribution in [0, 0.1) is 17.1 Å². The van der Waals surface area contributed by atoms with E-state index < -0.39 is 5.54 Å². The molecule has 1 aromatic rings. The topological polar surface area (TPSA) is 27.0 Å². The summed E-state index contributed by atoms with van der Waals surface area (Å²) >= 11 is 0. The Kier molecular flexibility index (Phi) is 4.03. The molecule has 0 N–H and O–H groups in total. The first-order valence-electron chi connectivity index (χ1n) is 5.33. The number of nitrogens with zero attached hydrogens (tertiary/aromatic N) is 2. The highest BCUT2D eigenvalue weighted by molar-refractivity contribution is 5.17. The van der Waals surface area contributed by atoms with Gasteiger partial charge in [0.1, 0.15) is 11.4 Å². The van der Waals surface area contributed by atoms with Crippen LogP contribution in [-0.4, -0.2) is 24.0 Å². The fourth-order valence-corrected chi connectivity index (χ4v) is 1.35. The summed E-state index contributed by atoms with van der Waals surface area (Å²) in [7, 11) is 1.88. The van der Waals surface area contributed by atoms with Crippen LogP contribution < -0.4 is 0 Å². The first-order valence-corrected chi connectivity index (χ1v) is 5.33. The molecule has 1 aromatic carbocycles. The van der Waals surface area contributed by atoms with Crippen LogP contribution in [0.3, 0.4) is 0 Å². The fraction of sp³-hybridized carbons (Fsp3) is 0.462. The van der Waals surface area contributed by atoms with Gasteiger partial charge in [0.05, 0.1) is 6.07 Å². The number of rotatable bonds is 4. The normalized spacial score (nSPS) is 11.5. The number of benzene rings is 1. The van der Waals surface area contributed by atoms with Crippen LogP contribution in [-0.2, 0) is 6.42 Å². The van der Waals surface area contributed by atoms with Gasteiger partial charge in [-0.05, 0) is 38.9 Å². The third-order valence-electron chi connectivity index (χ3n) is 2.90. The molecule has 2 nitrogen and oxygen atoms in total. The lowest BCUT2D eigenvalue weighted by atomic mass is 10.0. The van der Waals surface area contributed by atoms with Crippen LogP contribution in [0.15, 0.2) is 24.3 Å². The second-order valence-corrected chi connectivity index (χ2v) is 4.43. The van der Waals surface area contributed by atoms with Crippen LogP contribution in [0.5, 0.6) is 0 Å². The van der Waals surface area contributed by atoms with E-state index in [1.165, 1.54) is 6.07 Å². The van der Waals surface area contributed by atoms with Crippen molar-refractivity contribution in [1.82, 2.24) is 4.90 Å². The third kappa shape index (κ3) is 3.04. The number of nitriles is 1. The molecule has 0 unspecified atom stereocenters. The van der Waals surface area contributed by atoms with Crippen molar-refractivity contribution in [1.29, 1.82) is 5.26 Å². The molecule has 0 heterocycles. The molecular weight excluding hydrogens is 203 g/mol. The van der Waals surface area contributed by atoms with Crippen molar-refractivity contribution in [2.75, 3.05) is 13.6 Å². The number of hydrogen-bond donors (Lipinski definition) is 0. The summed E-state index contributed by atoms with van der Waals surface area (Å²) in [4.78, 5) is 1.93. The molecule has 0 saturated heterocycles. The van der Waals surface area contributed by atoms with E-state index in [1.807, 2.05) is 31.9 Å². The van der Waals surface area contributed by atoms with E-state index in [1.54, 1.807) is 12.1 Å². The zero-order chi connectivity index (χ0) is 12.2. The smallest absolute Gasteiger partial charge is 0.126 e. The molecule has 0 radical (unpaired) electrons. The van der Waals surface area contributed by atoms with E-state index >= 15 is 0 Å². The van der Waals surface area contributed by atoms with Crippen LogP contribution in [0.25, 0.3) is 0 Å². The molecule has 0 aromatic heterocycles. The lowest BCUT2D eigenvalue weighted by Crippen LogP contribution is -2.40. The Hall–Kier alpha value is -1.40. The highest BCUT2D eigenvalue weighted by Gasteiger charge is 2.22. The van der Waals surface area contributed by atoms with E-state index in [0.29, 0.717) is 18.5 Å². The molecule has 0 aliphatic rings. The van der Waals surface area contributed by atoms with Crippen molar-refractivity contribution in [3.8, 4) is 6.07 Å². The average molecular weight is 220 g/mol. The zero-order valence-corrected chi connectivity index (χ0v) is 10.00. The Morgan fingerprint density at radius 1 is 1.38 bits per heavy atom. The Labute approximate surface area is 96.3 Å². The summed E-state index contributed by atoms with van der Waals surface area (Å²) in [5.74, 6) is -0.175. The fourth-order valence-electron chi connectivity index (χ4n) is 1.35. The predicted octanol–water partition coefficient (Wildman–Crippen LogP) is 2.60. The van der Waals surface area contributed by atoms with Crippen molar-refractivity contribution in [3.63, 3.8) is 0 Å². The number of halogens is 1. The molecule has 0 atom stereocenters. The van der Waals surface area contributed by atoms with Gasteiger partial charge < -0.3 is 0 Å². The molecule has 16 heavy (non-hydrogen) atoms. The van der Waals surface area contributed by atoms with Crippen LogP contribution in [0.1, 0.15) is 19.4 Å². The summed E-state index contributed by atoms with van der Waals surface area (Å²) < 4.78 is 13.3. The summed E-state index contributed by atoms with van der Waals surface area (Å²) in [5.41, 5.74) is 0.189. The standard InChI is InChI=1S/C13H17FN2/c1-13(2,10-15)16(3)9-8-11-6-4-5-7-12(11)14/h4-7H,8-9H2,1-3H3. The lowest BCUT2D eigenvalue weighted by Gasteiger charge is -2.28. The quantitative estimate of drug-likeness (QED) is 0.780. The Morgan fingerprint density at radius 2 is 2.00 bits per heavy atom. The molecule has 0 amide bonds.